The van der Waals surface area contributed by atoms with Crippen LogP contribution >= 0.6 is 0 Å². The number of carbonyl (C=O) groups is 1. The van der Waals surface area contributed by atoms with Crippen molar-refractivity contribution >= 4 is 22.4 Å². The van der Waals surface area contributed by atoms with Crippen molar-refractivity contribution in [1.82, 2.24) is 4.90 Å². The van der Waals surface area contributed by atoms with Gasteiger partial charge in [0.1, 0.15) is 17.1 Å². The van der Waals surface area contributed by atoms with Gasteiger partial charge in [-0.05, 0) is 56.5 Å². The highest BCUT2D eigenvalue weighted by Crippen LogP contribution is 2.34. The highest BCUT2D eigenvalue weighted by atomic mass is 19.1. The van der Waals surface area contributed by atoms with Crippen molar-refractivity contribution in [2.45, 2.75) is 27.2 Å². The van der Waals surface area contributed by atoms with Crippen LogP contribution in [0.3, 0.4) is 0 Å². The second-order valence-corrected chi connectivity index (χ2v) is 8.56. The molecule has 0 bridgehead atoms. The van der Waals surface area contributed by atoms with Crippen molar-refractivity contribution < 1.29 is 18.3 Å². The number of para-hydroxylation sites is 1. The van der Waals surface area contributed by atoms with Gasteiger partial charge in [-0.3, -0.25) is 9.69 Å². The molecular formula is C26H29FN2O4. The van der Waals surface area contributed by atoms with Crippen LogP contribution in [0.4, 0.5) is 10.1 Å². The lowest BCUT2D eigenvalue weighted by Gasteiger charge is -2.36. The molecule has 0 spiro atoms. The molecule has 0 amide bonds. The Morgan fingerprint density at radius 1 is 1.09 bits per heavy atom. The van der Waals surface area contributed by atoms with E-state index in [4.69, 9.17) is 9.15 Å². The number of benzene rings is 2. The summed E-state index contributed by atoms with van der Waals surface area (Å²) in [6.45, 7) is 9.69. The van der Waals surface area contributed by atoms with Crippen molar-refractivity contribution in [2.24, 2.45) is 0 Å². The summed E-state index contributed by atoms with van der Waals surface area (Å²) < 4.78 is 25.6. The van der Waals surface area contributed by atoms with Gasteiger partial charge in [0, 0.05) is 38.8 Å². The Kier molecular flexibility index (Phi) is 6.79. The van der Waals surface area contributed by atoms with Crippen molar-refractivity contribution in [3.05, 3.63) is 69.3 Å². The molecule has 3 aromatic rings. The number of carbonyl (C=O) groups excluding carboxylic acids is 1. The number of anilines is 1. The van der Waals surface area contributed by atoms with Gasteiger partial charge in [-0.1, -0.05) is 12.1 Å². The molecule has 0 unspecified atom stereocenters. The van der Waals surface area contributed by atoms with E-state index in [-0.39, 0.29) is 11.6 Å². The number of halogens is 1. The Morgan fingerprint density at radius 3 is 2.52 bits per heavy atom. The van der Waals surface area contributed by atoms with E-state index in [2.05, 4.69) is 9.80 Å². The minimum Gasteiger partial charge on any atom is -0.492 e. The smallest absolute Gasteiger partial charge is 0.336 e. The van der Waals surface area contributed by atoms with Gasteiger partial charge in [0.05, 0.1) is 23.2 Å². The van der Waals surface area contributed by atoms with Gasteiger partial charge in [-0.2, -0.15) is 0 Å². The molecule has 1 fully saturated rings. The Morgan fingerprint density at radius 2 is 1.82 bits per heavy atom. The van der Waals surface area contributed by atoms with E-state index in [1.807, 2.05) is 26.0 Å². The summed E-state index contributed by atoms with van der Waals surface area (Å²) >= 11 is 0. The largest absolute Gasteiger partial charge is 0.492 e. The molecule has 1 saturated heterocycles. The van der Waals surface area contributed by atoms with Gasteiger partial charge >= 0.3 is 5.63 Å². The number of aryl methyl sites for hydroxylation is 2. The lowest BCUT2D eigenvalue weighted by molar-refractivity contribution is 0.101. The van der Waals surface area contributed by atoms with E-state index in [0.717, 1.165) is 50.3 Å². The minimum absolute atomic E-state index is 0.0840. The number of Topliss-reactive ketones (excluding diaryl/α,β-unsaturated/α-hetero) is 1. The first-order valence-corrected chi connectivity index (χ1v) is 11.3. The number of ether oxygens (including phenoxy) is 1. The Bertz CT molecular complexity index is 1230. The van der Waals surface area contributed by atoms with Crippen LogP contribution in [-0.2, 0) is 0 Å². The maximum absolute atomic E-state index is 14.0. The molecule has 0 saturated carbocycles. The van der Waals surface area contributed by atoms with Gasteiger partial charge in [-0.25, -0.2) is 9.18 Å². The minimum atomic E-state index is -0.421. The van der Waals surface area contributed by atoms with Crippen molar-refractivity contribution in [1.29, 1.82) is 0 Å². The predicted octanol–water partition coefficient (Wildman–Crippen LogP) is 4.34. The molecule has 6 nitrogen and oxygen atoms in total. The van der Waals surface area contributed by atoms with Crippen molar-refractivity contribution in [3.63, 3.8) is 0 Å². The molecule has 1 aromatic heterocycles. The molecule has 1 aliphatic heterocycles. The first-order chi connectivity index (χ1) is 15.8. The lowest BCUT2D eigenvalue weighted by Crippen LogP contribution is -2.47. The van der Waals surface area contributed by atoms with Gasteiger partial charge < -0.3 is 14.1 Å². The third kappa shape index (κ3) is 4.93. The fraction of sp³-hybridized carbons (Fsp3) is 0.385. The third-order valence-corrected chi connectivity index (χ3v) is 6.16. The summed E-state index contributed by atoms with van der Waals surface area (Å²) in [6, 6.07) is 10.0. The van der Waals surface area contributed by atoms with Gasteiger partial charge in [0.25, 0.3) is 0 Å². The van der Waals surface area contributed by atoms with E-state index < -0.39 is 5.63 Å². The lowest BCUT2D eigenvalue weighted by atomic mass is 9.98. The fourth-order valence-corrected chi connectivity index (χ4v) is 4.56. The first-order valence-electron chi connectivity index (χ1n) is 11.3. The average molecular weight is 453 g/mol. The highest BCUT2D eigenvalue weighted by Gasteiger charge is 2.21. The van der Waals surface area contributed by atoms with E-state index in [1.54, 1.807) is 12.1 Å². The summed E-state index contributed by atoms with van der Waals surface area (Å²) in [5.41, 5.74) is 2.65. The van der Waals surface area contributed by atoms with E-state index >= 15 is 0 Å². The van der Waals surface area contributed by atoms with E-state index in [1.165, 1.54) is 19.1 Å². The molecule has 7 heteroatoms. The van der Waals surface area contributed by atoms with Crippen LogP contribution in [0, 0.1) is 19.7 Å². The van der Waals surface area contributed by atoms with Crippen LogP contribution in [0.25, 0.3) is 11.0 Å². The average Bonchev–Trinajstić information content (AvgIpc) is 2.76. The molecule has 0 N–H and O–H groups in total. The maximum Gasteiger partial charge on any atom is 0.336 e. The Hall–Kier alpha value is -3.19. The summed E-state index contributed by atoms with van der Waals surface area (Å²) in [6.07, 6.45) is 0.780. The number of ketones is 1. The second-order valence-electron chi connectivity index (χ2n) is 8.56. The zero-order valence-electron chi connectivity index (χ0n) is 19.3. The topological polar surface area (TPSA) is 63.0 Å². The summed E-state index contributed by atoms with van der Waals surface area (Å²) in [4.78, 5) is 28.6. The van der Waals surface area contributed by atoms with Crippen molar-refractivity contribution in [3.8, 4) is 5.75 Å². The molecule has 174 valence electrons. The molecular weight excluding hydrogens is 423 g/mol. The molecule has 33 heavy (non-hydrogen) atoms. The van der Waals surface area contributed by atoms with Gasteiger partial charge in [0.2, 0.25) is 0 Å². The monoisotopic (exact) mass is 452 g/mol. The van der Waals surface area contributed by atoms with Crippen LogP contribution in [0.2, 0.25) is 0 Å². The normalized spacial score (nSPS) is 14.6. The van der Waals surface area contributed by atoms with Crippen LogP contribution < -0.4 is 15.3 Å². The number of rotatable bonds is 7. The quantitative estimate of drug-likeness (QED) is 0.302. The SMILES string of the molecule is CC(=O)c1c(C)cc2oc(=O)cc(C)c2c1OCCCN1CCN(c2ccccc2F)CC1. The zero-order valence-corrected chi connectivity index (χ0v) is 19.3. The molecule has 0 aliphatic carbocycles. The number of nitrogens with zero attached hydrogens (tertiary/aromatic N) is 2. The molecule has 0 radical (unpaired) electrons. The number of hydrogen-bond acceptors (Lipinski definition) is 6. The predicted molar refractivity (Wildman–Crippen MR) is 127 cm³/mol. The summed E-state index contributed by atoms with van der Waals surface area (Å²) in [7, 11) is 0. The number of fused-ring (bicyclic) bond motifs is 1. The highest BCUT2D eigenvalue weighted by molar-refractivity contribution is 6.04. The Labute approximate surface area is 192 Å². The summed E-state index contributed by atoms with van der Waals surface area (Å²) in [5.74, 6) is 0.222. The van der Waals surface area contributed by atoms with Crippen LogP contribution in [-0.4, -0.2) is 50.0 Å². The molecule has 1 aliphatic rings. The fourth-order valence-electron chi connectivity index (χ4n) is 4.56. The standard InChI is InChI=1S/C26H29FN2O4/c1-17-15-22-25(18(2)16-23(31)33-22)26(24(17)19(3)30)32-14-6-9-28-10-12-29(13-11-28)21-8-5-4-7-20(21)27/h4-5,7-8,15-16H,6,9-14H2,1-3H3. The van der Waals surface area contributed by atoms with E-state index in [9.17, 15) is 14.0 Å². The van der Waals surface area contributed by atoms with E-state index in [0.29, 0.717) is 34.6 Å². The van der Waals surface area contributed by atoms with Crippen LogP contribution in [0.15, 0.2) is 45.6 Å². The van der Waals surface area contributed by atoms with Crippen molar-refractivity contribution in [2.75, 3.05) is 44.2 Å². The van der Waals surface area contributed by atoms with Gasteiger partial charge in [-0.15, -0.1) is 0 Å². The first kappa shape index (κ1) is 23.0. The summed E-state index contributed by atoms with van der Waals surface area (Å²) in [5, 5.41) is 0.670. The molecule has 2 heterocycles. The second kappa shape index (κ2) is 9.75. The number of piperazine rings is 1. The molecule has 0 atom stereocenters. The van der Waals surface area contributed by atoms with Gasteiger partial charge in [0.15, 0.2) is 5.78 Å². The maximum atomic E-state index is 14.0. The van der Waals surface area contributed by atoms with Crippen LogP contribution in [0.5, 0.6) is 5.75 Å². The zero-order chi connectivity index (χ0) is 23.5. The van der Waals surface area contributed by atoms with Crippen LogP contribution in [0.1, 0.15) is 34.8 Å². The Balaban J connectivity index is 1.40. The molecule has 4 rings (SSSR count). The number of hydrogen-bond donors (Lipinski definition) is 0. The third-order valence-electron chi connectivity index (χ3n) is 6.16. The molecule has 2 aromatic carbocycles.